The Balaban J connectivity index is 0.00000208. The number of oxazole rings is 1. The Morgan fingerprint density at radius 2 is 1.79 bits per heavy atom. The van der Waals surface area contributed by atoms with Gasteiger partial charge in [-0.1, -0.05) is 42.5 Å². The van der Waals surface area contributed by atoms with Crippen LogP contribution < -0.4 is 10.5 Å². The predicted molar refractivity (Wildman–Crippen MR) is 96.6 cm³/mol. The number of hydrogen-bond acceptors (Lipinski definition) is 4. The van der Waals surface area contributed by atoms with Crippen LogP contribution in [-0.2, 0) is 6.61 Å². The smallest absolute Gasteiger partial charge is 0.203 e. The zero-order valence-electron chi connectivity index (χ0n) is 13.5. The fourth-order valence-corrected chi connectivity index (χ4v) is 2.45. The Hall–Kier alpha value is -2.30. The molecule has 24 heavy (non-hydrogen) atoms. The van der Waals surface area contributed by atoms with Crippen molar-refractivity contribution < 1.29 is 9.15 Å². The number of ether oxygens (including phenoxy) is 1. The third kappa shape index (κ3) is 4.37. The molecule has 0 aliphatic carbocycles. The molecule has 0 unspecified atom stereocenters. The van der Waals surface area contributed by atoms with Gasteiger partial charge < -0.3 is 14.9 Å². The Bertz CT molecular complexity index is 742. The van der Waals surface area contributed by atoms with E-state index < -0.39 is 0 Å². The molecule has 5 heteroatoms. The average Bonchev–Trinajstić information content (AvgIpc) is 3.02. The minimum Gasteiger partial charge on any atom is -0.489 e. The van der Waals surface area contributed by atoms with Gasteiger partial charge in [0.15, 0.2) is 0 Å². The average molecular weight is 345 g/mol. The van der Waals surface area contributed by atoms with Gasteiger partial charge in [-0.2, -0.15) is 0 Å². The molecule has 0 aliphatic rings. The SMILES string of the molecule is Cc1cnc([C@H](CN)c2ccc(OCc3ccccc3)cc2)o1.Cl. The second kappa shape index (κ2) is 8.52. The maximum atomic E-state index is 5.89. The van der Waals surface area contributed by atoms with Gasteiger partial charge in [-0.15, -0.1) is 12.4 Å². The summed E-state index contributed by atoms with van der Waals surface area (Å²) >= 11 is 0. The summed E-state index contributed by atoms with van der Waals surface area (Å²) in [5, 5.41) is 0. The topological polar surface area (TPSA) is 61.3 Å². The Kier molecular flexibility index (Phi) is 6.41. The molecule has 3 aromatic rings. The summed E-state index contributed by atoms with van der Waals surface area (Å²) in [4.78, 5) is 4.28. The van der Waals surface area contributed by atoms with E-state index in [2.05, 4.69) is 4.98 Å². The zero-order chi connectivity index (χ0) is 16.1. The lowest BCUT2D eigenvalue weighted by atomic mass is 9.99. The highest BCUT2D eigenvalue weighted by Crippen LogP contribution is 2.25. The number of rotatable bonds is 6. The second-order valence-electron chi connectivity index (χ2n) is 5.44. The van der Waals surface area contributed by atoms with E-state index in [-0.39, 0.29) is 18.3 Å². The Morgan fingerprint density at radius 3 is 2.38 bits per heavy atom. The highest BCUT2D eigenvalue weighted by molar-refractivity contribution is 5.85. The van der Waals surface area contributed by atoms with Crippen molar-refractivity contribution in [2.45, 2.75) is 19.4 Å². The predicted octanol–water partition coefficient (Wildman–Crippen LogP) is 4.07. The molecule has 0 spiro atoms. The van der Waals surface area contributed by atoms with E-state index in [0.29, 0.717) is 19.0 Å². The van der Waals surface area contributed by atoms with Gasteiger partial charge in [0, 0.05) is 6.54 Å². The first kappa shape index (κ1) is 18.0. The number of aryl methyl sites for hydroxylation is 1. The van der Waals surface area contributed by atoms with Crippen LogP contribution in [0, 0.1) is 6.92 Å². The van der Waals surface area contributed by atoms with Crippen molar-refractivity contribution in [3.05, 3.63) is 83.6 Å². The summed E-state index contributed by atoms with van der Waals surface area (Å²) in [7, 11) is 0. The Labute approximate surface area is 148 Å². The molecule has 0 saturated heterocycles. The highest BCUT2D eigenvalue weighted by Gasteiger charge is 2.17. The van der Waals surface area contributed by atoms with Crippen LogP contribution >= 0.6 is 12.4 Å². The quantitative estimate of drug-likeness (QED) is 0.732. The standard InChI is InChI=1S/C19H20N2O2.ClH/c1-14-12-21-19(23-14)18(11-20)16-7-9-17(10-8-16)22-13-15-5-3-2-4-6-15;/h2-10,12,18H,11,13,20H2,1H3;1H/t18-;/m1./s1. The number of hydrogen-bond donors (Lipinski definition) is 1. The van der Waals surface area contributed by atoms with Crippen LogP contribution in [0.15, 0.2) is 65.2 Å². The lowest BCUT2D eigenvalue weighted by Gasteiger charge is -2.12. The first-order valence-electron chi connectivity index (χ1n) is 7.65. The van der Waals surface area contributed by atoms with Crippen molar-refractivity contribution in [2.24, 2.45) is 5.73 Å². The van der Waals surface area contributed by atoms with E-state index in [1.54, 1.807) is 6.20 Å². The molecule has 0 aliphatic heterocycles. The Morgan fingerprint density at radius 1 is 1.08 bits per heavy atom. The molecule has 0 bridgehead atoms. The molecule has 1 heterocycles. The number of nitrogens with two attached hydrogens (primary N) is 1. The fourth-order valence-electron chi connectivity index (χ4n) is 2.45. The lowest BCUT2D eigenvalue weighted by molar-refractivity contribution is 0.306. The maximum absolute atomic E-state index is 5.89. The maximum Gasteiger partial charge on any atom is 0.203 e. The van der Waals surface area contributed by atoms with E-state index >= 15 is 0 Å². The van der Waals surface area contributed by atoms with Gasteiger partial charge >= 0.3 is 0 Å². The van der Waals surface area contributed by atoms with Crippen LogP contribution in [0.1, 0.15) is 28.7 Å². The summed E-state index contributed by atoms with van der Waals surface area (Å²) in [6, 6.07) is 18.0. The van der Waals surface area contributed by atoms with Crippen LogP contribution in [0.5, 0.6) is 5.75 Å². The largest absolute Gasteiger partial charge is 0.489 e. The third-order valence-electron chi connectivity index (χ3n) is 3.70. The molecule has 126 valence electrons. The lowest BCUT2D eigenvalue weighted by Crippen LogP contribution is -2.14. The van der Waals surface area contributed by atoms with Crippen LogP contribution in [0.3, 0.4) is 0 Å². The van der Waals surface area contributed by atoms with Crippen LogP contribution in [0.25, 0.3) is 0 Å². The first-order chi connectivity index (χ1) is 11.3. The van der Waals surface area contributed by atoms with Gasteiger partial charge in [-0.3, -0.25) is 0 Å². The molecule has 3 rings (SSSR count). The summed E-state index contributed by atoms with van der Waals surface area (Å²) in [6.07, 6.45) is 1.72. The van der Waals surface area contributed by atoms with Crippen molar-refractivity contribution in [1.82, 2.24) is 4.98 Å². The molecule has 0 amide bonds. The molecule has 0 fully saturated rings. The van der Waals surface area contributed by atoms with Gasteiger partial charge in [0.1, 0.15) is 18.1 Å². The molecule has 4 nitrogen and oxygen atoms in total. The van der Waals surface area contributed by atoms with E-state index in [1.165, 1.54) is 0 Å². The summed E-state index contributed by atoms with van der Waals surface area (Å²) < 4.78 is 11.4. The van der Waals surface area contributed by atoms with E-state index in [9.17, 15) is 0 Å². The van der Waals surface area contributed by atoms with E-state index in [4.69, 9.17) is 14.9 Å². The van der Waals surface area contributed by atoms with E-state index in [1.807, 2.05) is 61.5 Å². The molecular weight excluding hydrogens is 324 g/mol. The monoisotopic (exact) mass is 344 g/mol. The summed E-state index contributed by atoms with van der Waals surface area (Å²) in [5.41, 5.74) is 8.10. The van der Waals surface area contributed by atoms with Gasteiger partial charge in [0.25, 0.3) is 0 Å². The minimum atomic E-state index is -0.0353. The molecule has 0 saturated carbocycles. The van der Waals surface area contributed by atoms with Crippen LogP contribution in [0.2, 0.25) is 0 Å². The highest BCUT2D eigenvalue weighted by atomic mass is 35.5. The number of halogens is 1. The van der Waals surface area contributed by atoms with Gasteiger partial charge in [0.2, 0.25) is 5.89 Å². The number of aromatic nitrogens is 1. The molecule has 1 atom stereocenters. The van der Waals surface area contributed by atoms with Crippen molar-refractivity contribution in [3.63, 3.8) is 0 Å². The van der Waals surface area contributed by atoms with Crippen LogP contribution in [0.4, 0.5) is 0 Å². The molecular formula is C19H21ClN2O2. The summed E-state index contributed by atoms with van der Waals surface area (Å²) in [6.45, 7) is 2.88. The normalized spacial score (nSPS) is 11.6. The van der Waals surface area contributed by atoms with Crippen molar-refractivity contribution in [2.75, 3.05) is 6.54 Å². The minimum absolute atomic E-state index is 0. The van der Waals surface area contributed by atoms with Crippen LogP contribution in [-0.4, -0.2) is 11.5 Å². The van der Waals surface area contributed by atoms with Crippen molar-refractivity contribution in [3.8, 4) is 5.75 Å². The van der Waals surface area contributed by atoms with Crippen molar-refractivity contribution in [1.29, 1.82) is 0 Å². The third-order valence-corrected chi connectivity index (χ3v) is 3.70. The van der Waals surface area contributed by atoms with Gasteiger partial charge in [0.05, 0.1) is 12.1 Å². The zero-order valence-corrected chi connectivity index (χ0v) is 14.3. The molecule has 2 N–H and O–H groups in total. The first-order valence-corrected chi connectivity index (χ1v) is 7.65. The van der Waals surface area contributed by atoms with Crippen molar-refractivity contribution >= 4 is 12.4 Å². The number of nitrogens with zero attached hydrogens (tertiary/aromatic N) is 1. The molecule has 2 aromatic carbocycles. The molecule has 0 radical (unpaired) electrons. The fraction of sp³-hybridized carbons (Fsp3) is 0.211. The van der Waals surface area contributed by atoms with Gasteiger partial charge in [-0.25, -0.2) is 4.98 Å². The second-order valence-corrected chi connectivity index (χ2v) is 5.44. The molecule has 1 aromatic heterocycles. The van der Waals surface area contributed by atoms with Gasteiger partial charge in [-0.05, 0) is 30.2 Å². The van der Waals surface area contributed by atoms with E-state index in [0.717, 1.165) is 22.6 Å². The number of benzene rings is 2. The summed E-state index contributed by atoms with van der Waals surface area (Å²) in [5.74, 6) is 2.24.